The summed E-state index contributed by atoms with van der Waals surface area (Å²) >= 11 is 9.20. The molecule has 0 spiro atoms. The normalized spacial score (nSPS) is 18.9. The number of ether oxygens (including phenoxy) is 1. The highest BCUT2D eigenvalue weighted by atomic mass is 79.9. The summed E-state index contributed by atoms with van der Waals surface area (Å²) in [6, 6.07) is 3.39. The maximum atomic E-state index is 10.9. The van der Waals surface area contributed by atoms with E-state index in [2.05, 4.69) is 22.5 Å². The summed E-state index contributed by atoms with van der Waals surface area (Å²) in [5.41, 5.74) is 1.48. The topological polar surface area (TPSA) is 46.5 Å². The fourth-order valence-electron chi connectivity index (χ4n) is 1.60. The first-order chi connectivity index (χ1) is 7.49. The quantitative estimate of drug-likeness (QED) is 0.865. The standard InChI is InChI=1S/C11H8BrClO3/c1-5-2-9(11(14)15)16-10-7(5)3-6(13)4-8(10)12/h3-4,9H,1-2H2,(H,14,15). The van der Waals surface area contributed by atoms with E-state index in [1.54, 1.807) is 12.1 Å². The Bertz CT molecular complexity index is 484. The molecule has 84 valence electrons. The van der Waals surface area contributed by atoms with E-state index in [9.17, 15) is 4.79 Å². The van der Waals surface area contributed by atoms with E-state index in [-0.39, 0.29) is 6.42 Å². The van der Waals surface area contributed by atoms with Gasteiger partial charge in [0.25, 0.3) is 0 Å². The minimum absolute atomic E-state index is 0.273. The highest BCUT2D eigenvalue weighted by Gasteiger charge is 2.29. The molecule has 2 rings (SSSR count). The lowest BCUT2D eigenvalue weighted by atomic mass is 9.97. The van der Waals surface area contributed by atoms with Gasteiger partial charge in [-0.25, -0.2) is 4.79 Å². The molecule has 0 radical (unpaired) electrons. The zero-order chi connectivity index (χ0) is 11.9. The molecule has 1 aromatic carbocycles. The van der Waals surface area contributed by atoms with E-state index in [1.165, 1.54) is 0 Å². The van der Waals surface area contributed by atoms with Gasteiger partial charge in [-0.05, 0) is 33.6 Å². The fraction of sp³-hybridized carbons (Fsp3) is 0.182. The van der Waals surface area contributed by atoms with E-state index in [0.29, 0.717) is 15.2 Å². The van der Waals surface area contributed by atoms with E-state index in [1.807, 2.05) is 0 Å². The van der Waals surface area contributed by atoms with Crippen molar-refractivity contribution < 1.29 is 14.6 Å². The van der Waals surface area contributed by atoms with Crippen LogP contribution in [0.3, 0.4) is 0 Å². The van der Waals surface area contributed by atoms with Crippen LogP contribution in [-0.2, 0) is 4.79 Å². The number of carboxylic acid groups (broad SMARTS) is 1. The average molecular weight is 304 g/mol. The highest BCUT2D eigenvalue weighted by molar-refractivity contribution is 9.10. The first-order valence-electron chi connectivity index (χ1n) is 4.55. The number of hydrogen-bond donors (Lipinski definition) is 1. The zero-order valence-corrected chi connectivity index (χ0v) is 10.5. The van der Waals surface area contributed by atoms with Crippen LogP contribution in [0.5, 0.6) is 5.75 Å². The van der Waals surface area contributed by atoms with Crippen molar-refractivity contribution in [3.05, 3.63) is 33.8 Å². The Balaban J connectivity index is 2.50. The second-order valence-corrected chi connectivity index (χ2v) is 4.81. The van der Waals surface area contributed by atoms with Gasteiger partial charge in [-0.15, -0.1) is 0 Å². The van der Waals surface area contributed by atoms with Crippen LogP contribution in [0.4, 0.5) is 0 Å². The Labute approximate surface area is 106 Å². The molecule has 0 aliphatic carbocycles. The number of benzene rings is 1. The lowest BCUT2D eigenvalue weighted by molar-refractivity contribution is -0.145. The smallest absolute Gasteiger partial charge is 0.345 e. The number of rotatable bonds is 1. The molecule has 1 atom stereocenters. The van der Waals surface area contributed by atoms with E-state index in [0.717, 1.165) is 11.1 Å². The highest BCUT2D eigenvalue weighted by Crippen LogP contribution is 2.41. The molecule has 1 unspecified atom stereocenters. The van der Waals surface area contributed by atoms with Crippen molar-refractivity contribution in [2.75, 3.05) is 0 Å². The van der Waals surface area contributed by atoms with Crippen LogP contribution in [0.15, 0.2) is 23.2 Å². The molecule has 1 aliphatic rings. The number of halogens is 2. The summed E-state index contributed by atoms with van der Waals surface area (Å²) in [5, 5.41) is 9.48. The van der Waals surface area contributed by atoms with Crippen LogP contribution < -0.4 is 4.74 Å². The number of aliphatic carboxylic acids is 1. The van der Waals surface area contributed by atoms with Crippen molar-refractivity contribution in [3.8, 4) is 5.75 Å². The van der Waals surface area contributed by atoms with Gasteiger partial charge in [-0.2, -0.15) is 0 Å². The molecular formula is C11H8BrClO3. The molecule has 5 heteroatoms. The van der Waals surface area contributed by atoms with Crippen LogP contribution >= 0.6 is 27.5 Å². The summed E-state index contributed by atoms with van der Waals surface area (Å²) in [5.74, 6) is -0.498. The second kappa shape index (κ2) is 4.11. The molecule has 0 amide bonds. The Morgan fingerprint density at radius 2 is 2.31 bits per heavy atom. The van der Waals surface area contributed by atoms with Crippen LogP contribution in [0.25, 0.3) is 5.57 Å². The van der Waals surface area contributed by atoms with Gasteiger partial charge in [0.2, 0.25) is 0 Å². The maximum Gasteiger partial charge on any atom is 0.345 e. The largest absolute Gasteiger partial charge is 0.478 e. The number of carbonyl (C=O) groups is 1. The summed E-state index contributed by atoms with van der Waals surface area (Å²) in [6.07, 6.45) is -0.604. The van der Waals surface area contributed by atoms with Gasteiger partial charge in [0.1, 0.15) is 5.75 Å². The van der Waals surface area contributed by atoms with E-state index in [4.69, 9.17) is 21.4 Å². The molecule has 0 aromatic heterocycles. The molecule has 0 saturated heterocycles. The number of hydrogen-bond acceptors (Lipinski definition) is 2. The van der Waals surface area contributed by atoms with E-state index >= 15 is 0 Å². The molecule has 0 saturated carbocycles. The molecule has 1 heterocycles. The number of carboxylic acids is 1. The minimum atomic E-state index is -0.992. The Morgan fingerprint density at radius 3 is 2.94 bits per heavy atom. The van der Waals surface area contributed by atoms with Crippen molar-refractivity contribution in [1.29, 1.82) is 0 Å². The second-order valence-electron chi connectivity index (χ2n) is 3.52. The third-order valence-electron chi connectivity index (χ3n) is 2.36. The predicted molar refractivity (Wildman–Crippen MR) is 64.9 cm³/mol. The monoisotopic (exact) mass is 302 g/mol. The maximum absolute atomic E-state index is 10.9. The third-order valence-corrected chi connectivity index (χ3v) is 3.16. The molecule has 16 heavy (non-hydrogen) atoms. The van der Waals surface area contributed by atoms with Gasteiger partial charge < -0.3 is 9.84 Å². The van der Waals surface area contributed by atoms with Crippen molar-refractivity contribution in [2.45, 2.75) is 12.5 Å². The van der Waals surface area contributed by atoms with E-state index < -0.39 is 12.1 Å². The first-order valence-corrected chi connectivity index (χ1v) is 5.73. The number of fused-ring (bicyclic) bond motifs is 1. The SMILES string of the molecule is C=C1CC(C(=O)O)Oc2c(Br)cc(Cl)cc21. The minimum Gasteiger partial charge on any atom is -0.478 e. The summed E-state index contributed by atoms with van der Waals surface area (Å²) in [6.45, 7) is 3.85. The Kier molecular flexibility index (Phi) is 2.95. The molecule has 3 nitrogen and oxygen atoms in total. The molecule has 1 aliphatic heterocycles. The lowest BCUT2D eigenvalue weighted by Gasteiger charge is -2.26. The average Bonchev–Trinajstić information content (AvgIpc) is 2.19. The predicted octanol–water partition coefficient (Wildman–Crippen LogP) is 3.35. The van der Waals surface area contributed by atoms with Crippen molar-refractivity contribution in [1.82, 2.24) is 0 Å². The Hall–Kier alpha value is -1.00. The van der Waals surface area contributed by atoms with Crippen LogP contribution in [0.2, 0.25) is 5.02 Å². The van der Waals surface area contributed by atoms with Gasteiger partial charge in [0.05, 0.1) is 4.47 Å². The third kappa shape index (κ3) is 1.95. The lowest BCUT2D eigenvalue weighted by Crippen LogP contribution is -2.30. The van der Waals surface area contributed by atoms with Crippen molar-refractivity contribution in [3.63, 3.8) is 0 Å². The molecule has 0 fully saturated rings. The van der Waals surface area contributed by atoms with Crippen molar-refractivity contribution in [2.24, 2.45) is 0 Å². The summed E-state index contributed by atoms with van der Waals surface area (Å²) in [7, 11) is 0. The van der Waals surface area contributed by atoms with Crippen molar-refractivity contribution >= 4 is 39.1 Å². The van der Waals surface area contributed by atoms with Crippen LogP contribution in [0, 0.1) is 0 Å². The van der Waals surface area contributed by atoms with Gasteiger partial charge in [-0.1, -0.05) is 18.2 Å². The molecule has 0 bridgehead atoms. The van der Waals surface area contributed by atoms with Gasteiger partial charge in [-0.3, -0.25) is 0 Å². The van der Waals surface area contributed by atoms with Crippen LogP contribution in [-0.4, -0.2) is 17.2 Å². The van der Waals surface area contributed by atoms with Crippen LogP contribution in [0.1, 0.15) is 12.0 Å². The zero-order valence-electron chi connectivity index (χ0n) is 8.17. The van der Waals surface area contributed by atoms with Gasteiger partial charge in [0, 0.05) is 17.0 Å². The summed E-state index contributed by atoms with van der Waals surface area (Å²) in [4.78, 5) is 10.9. The summed E-state index contributed by atoms with van der Waals surface area (Å²) < 4.78 is 6.02. The Morgan fingerprint density at radius 1 is 1.62 bits per heavy atom. The molecular weight excluding hydrogens is 295 g/mol. The first kappa shape index (κ1) is 11.5. The molecule has 1 aromatic rings. The molecule has 1 N–H and O–H groups in total. The van der Waals surface area contributed by atoms with Gasteiger partial charge in [0.15, 0.2) is 6.10 Å². The fourth-order valence-corrected chi connectivity index (χ4v) is 2.50. The van der Waals surface area contributed by atoms with Gasteiger partial charge >= 0.3 is 5.97 Å².